The van der Waals surface area contributed by atoms with Crippen molar-refractivity contribution in [3.8, 4) is 17.0 Å². The van der Waals surface area contributed by atoms with Crippen LogP contribution in [-0.2, 0) is 6.54 Å². The first kappa shape index (κ1) is 21.6. The van der Waals surface area contributed by atoms with E-state index in [-0.39, 0.29) is 12.1 Å². The zero-order chi connectivity index (χ0) is 22.6. The van der Waals surface area contributed by atoms with E-state index in [0.29, 0.717) is 12.4 Å². The number of aromatic nitrogens is 3. The standard InChI is InChI=1S/C25H27N5O2S/c1-32-21-11-16(13-27-23-15-26-14-19(28-23)17-7-3-2-4-8-17)12-22-24(21)30-25(33-22)29-18-9-5-6-10-20(18)31/h2-4,7-8,11-12,14-15,18,20,31H,5-6,9-10,13H2,1H3,(H,27,28)(H,29,30)/t18-,20-/m0/s1. The fraction of sp³-hybridized carbons (Fsp3) is 0.320. The van der Waals surface area contributed by atoms with Gasteiger partial charge in [0, 0.05) is 12.1 Å². The molecule has 1 aliphatic carbocycles. The van der Waals surface area contributed by atoms with Crippen LogP contribution >= 0.6 is 11.3 Å². The fourth-order valence-electron chi connectivity index (χ4n) is 4.20. The van der Waals surface area contributed by atoms with Gasteiger partial charge >= 0.3 is 0 Å². The highest BCUT2D eigenvalue weighted by molar-refractivity contribution is 7.22. The van der Waals surface area contributed by atoms with Gasteiger partial charge in [-0.3, -0.25) is 4.98 Å². The molecule has 5 rings (SSSR count). The summed E-state index contributed by atoms with van der Waals surface area (Å²) in [5, 5.41) is 17.9. The number of nitrogens with zero attached hydrogens (tertiary/aromatic N) is 3. The van der Waals surface area contributed by atoms with Crippen molar-refractivity contribution >= 4 is 32.5 Å². The molecule has 2 heterocycles. The highest BCUT2D eigenvalue weighted by atomic mass is 32.1. The number of thiazole rings is 1. The molecule has 0 amide bonds. The molecule has 4 aromatic rings. The minimum atomic E-state index is -0.319. The summed E-state index contributed by atoms with van der Waals surface area (Å²) in [5.41, 5.74) is 3.77. The van der Waals surface area contributed by atoms with Crippen LogP contribution in [0.4, 0.5) is 10.9 Å². The third-order valence-electron chi connectivity index (χ3n) is 5.96. The zero-order valence-corrected chi connectivity index (χ0v) is 19.3. The quantitative estimate of drug-likeness (QED) is 0.353. The number of rotatable bonds is 7. The number of anilines is 2. The van der Waals surface area contributed by atoms with Crippen LogP contribution in [0.25, 0.3) is 21.5 Å². The lowest BCUT2D eigenvalue weighted by atomic mass is 9.93. The van der Waals surface area contributed by atoms with Crippen LogP contribution in [0.5, 0.6) is 5.75 Å². The van der Waals surface area contributed by atoms with Crippen molar-refractivity contribution in [1.82, 2.24) is 15.0 Å². The summed E-state index contributed by atoms with van der Waals surface area (Å²) >= 11 is 1.59. The largest absolute Gasteiger partial charge is 0.494 e. The second-order valence-electron chi connectivity index (χ2n) is 8.28. The fourth-order valence-corrected chi connectivity index (χ4v) is 5.21. The molecule has 0 saturated heterocycles. The second-order valence-corrected chi connectivity index (χ2v) is 9.31. The summed E-state index contributed by atoms with van der Waals surface area (Å²) in [6, 6.07) is 14.2. The molecule has 7 nitrogen and oxygen atoms in total. The lowest BCUT2D eigenvalue weighted by molar-refractivity contribution is 0.116. The molecule has 170 valence electrons. The number of nitrogens with one attached hydrogen (secondary N) is 2. The van der Waals surface area contributed by atoms with Gasteiger partial charge in [-0.15, -0.1) is 0 Å². The van der Waals surface area contributed by atoms with E-state index in [2.05, 4.69) is 21.7 Å². The third kappa shape index (κ3) is 4.91. The van der Waals surface area contributed by atoms with Crippen LogP contribution in [0.2, 0.25) is 0 Å². The highest BCUT2D eigenvalue weighted by Gasteiger charge is 2.24. The maximum Gasteiger partial charge on any atom is 0.184 e. The van der Waals surface area contributed by atoms with E-state index in [1.54, 1.807) is 30.8 Å². The molecule has 0 spiro atoms. The highest BCUT2D eigenvalue weighted by Crippen LogP contribution is 2.35. The van der Waals surface area contributed by atoms with Crippen LogP contribution in [0.1, 0.15) is 31.2 Å². The topological polar surface area (TPSA) is 92.2 Å². The predicted molar refractivity (Wildman–Crippen MR) is 133 cm³/mol. The molecule has 2 aromatic carbocycles. The number of benzene rings is 2. The minimum Gasteiger partial charge on any atom is -0.494 e. The normalized spacial score (nSPS) is 18.2. The molecule has 2 atom stereocenters. The van der Waals surface area contributed by atoms with Crippen molar-refractivity contribution < 1.29 is 9.84 Å². The van der Waals surface area contributed by atoms with Crippen LogP contribution in [0.15, 0.2) is 54.9 Å². The van der Waals surface area contributed by atoms with Crippen molar-refractivity contribution in [2.75, 3.05) is 17.7 Å². The van der Waals surface area contributed by atoms with Crippen molar-refractivity contribution in [1.29, 1.82) is 0 Å². The van der Waals surface area contributed by atoms with Crippen molar-refractivity contribution in [2.45, 2.75) is 44.4 Å². The average Bonchev–Trinajstić information content (AvgIpc) is 3.27. The summed E-state index contributed by atoms with van der Waals surface area (Å²) < 4.78 is 6.68. The summed E-state index contributed by atoms with van der Waals surface area (Å²) in [7, 11) is 1.66. The van der Waals surface area contributed by atoms with Crippen molar-refractivity contribution in [2.24, 2.45) is 0 Å². The molecule has 2 aromatic heterocycles. The molecular formula is C25H27N5O2S. The Balaban J connectivity index is 1.33. The molecule has 1 saturated carbocycles. The maximum absolute atomic E-state index is 10.3. The van der Waals surface area contributed by atoms with E-state index < -0.39 is 0 Å². The van der Waals surface area contributed by atoms with Gasteiger partial charge in [-0.25, -0.2) is 9.97 Å². The van der Waals surface area contributed by atoms with Crippen LogP contribution in [0.3, 0.4) is 0 Å². The molecule has 3 N–H and O–H groups in total. The lowest BCUT2D eigenvalue weighted by Crippen LogP contribution is -2.36. The van der Waals surface area contributed by atoms with Crippen LogP contribution in [-0.4, -0.2) is 39.3 Å². The van der Waals surface area contributed by atoms with Crippen molar-refractivity contribution in [3.63, 3.8) is 0 Å². The Morgan fingerprint density at radius 3 is 2.76 bits per heavy atom. The number of aliphatic hydroxyl groups is 1. The Morgan fingerprint density at radius 2 is 1.94 bits per heavy atom. The van der Waals surface area contributed by atoms with E-state index >= 15 is 0 Å². The van der Waals surface area contributed by atoms with Gasteiger partial charge in [-0.05, 0) is 30.5 Å². The SMILES string of the molecule is COc1cc(CNc2cncc(-c3ccccc3)n2)cc2sc(N[C@H]3CCCC[C@@H]3O)nc12. The van der Waals surface area contributed by atoms with Gasteiger partial charge in [0.05, 0.1) is 42.0 Å². The molecule has 0 bridgehead atoms. The first-order valence-electron chi connectivity index (χ1n) is 11.2. The number of hydrogen-bond acceptors (Lipinski definition) is 8. The number of fused-ring (bicyclic) bond motifs is 1. The van der Waals surface area contributed by atoms with Gasteiger partial charge in [0.2, 0.25) is 0 Å². The maximum atomic E-state index is 10.3. The van der Waals surface area contributed by atoms with Gasteiger partial charge in [-0.1, -0.05) is 54.5 Å². The first-order chi connectivity index (χ1) is 16.2. The minimum absolute atomic E-state index is 0.0573. The Bertz CT molecular complexity index is 1230. The number of ether oxygens (including phenoxy) is 1. The number of methoxy groups -OCH3 is 1. The van der Waals surface area contributed by atoms with E-state index in [0.717, 1.165) is 63.6 Å². The van der Waals surface area contributed by atoms with E-state index in [9.17, 15) is 5.11 Å². The van der Waals surface area contributed by atoms with E-state index in [1.165, 1.54) is 0 Å². The number of hydrogen-bond donors (Lipinski definition) is 3. The number of aliphatic hydroxyl groups excluding tert-OH is 1. The molecular weight excluding hydrogens is 434 g/mol. The molecule has 0 radical (unpaired) electrons. The van der Waals surface area contributed by atoms with Crippen LogP contribution in [0, 0.1) is 0 Å². The second kappa shape index (κ2) is 9.72. The first-order valence-corrected chi connectivity index (χ1v) is 12.0. The van der Waals surface area contributed by atoms with E-state index in [1.807, 2.05) is 36.4 Å². The smallest absolute Gasteiger partial charge is 0.184 e. The molecule has 33 heavy (non-hydrogen) atoms. The van der Waals surface area contributed by atoms with Gasteiger partial charge in [0.25, 0.3) is 0 Å². The Labute approximate surface area is 196 Å². The molecule has 1 fully saturated rings. The van der Waals surface area contributed by atoms with Gasteiger partial charge < -0.3 is 20.5 Å². The average molecular weight is 462 g/mol. The van der Waals surface area contributed by atoms with Crippen LogP contribution < -0.4 is 15.4 Å². The summed E-state index contributed by atoms with van der Waals surface area (Å²) in [6.45, 7) is 0.585. The monoisotopic (exact) mass is 461 g/mol. The Kier molecular flexibility index (Phi) is 6.37. The van der Waals surface area contributed by atoms with E-state index in [4.69, 9.17) is 14.7 Å². The van der Waals surface area contributed by atoms with Gasteiger partial charge in [-0.2, -0.15) is 0 Å². The Hall–Kier alpha value is -3.23. The van der Waals surface area contributed by atoms with Gasteiger partial charge in [0.1, 0.15) is 17.1 Å². The molecule has 0 aliphatic heterocycles. The molecule has 8 heteroatoms. The Morgan fingerprint density at radius 1 is 1.09 bits per heavy atom. The third-order valence-corrected chi connectivity index (χ3v) is 6.89. The molecule has 1 aliphatic rings. The predicted octanol–water partition coefficient (Wildman–Crippen LogP) is 5.09. The summed E-state index contributed by atoms with van der Waals surface area (Å²) in [4.78, 5) is 13.8. The van der Waals surface area contributed by atoms with Gasteiger partial charge in [0.15, 0.2) is 5.13 Å². The summed E-state index contributed by atoms with van der Waals surface area (Å²) in [5.74, 6) is 1.45. The lowest BCUT2D eigenvalue weighted by Gasteiger charge is -2.27. The summed E-state index contributed by atoms with van der Waals surface area (Å²) in [6.07, 6.45) is 7.20. The zero-order valence-electron chi connectivity index (χ0n) is 18.5. The van der Waals surface area contributed by atoms with Crippen molar-refractivity contribution in [3.05, 3.63) is 60.4 Å². The molecule has 0 unspecified atom stereocenters.